The summed E-state index contributed by atoms with van der Waals surface area (Å²) in [7, 11) is 0. The van der Waals surface area contributed by atoms with Crippen LogP contribution in [-0.4, -0.2) is 14.0 Å². The molecule has 3 aromatic heterocycles. The molecule has 0 aliphatic carbocycles. The maximum absolute atomic E-state index is 17.0. The lowest BCUT2D eigenvalue weighted by molar-refractivity contribution is 0.640. The average molecular weight is 686 g/mol. The fraction of sp³-hybridized carbons (Fsp3) is 0.0217. The van der Waals surface area contributed by atoms with Gasteiger partial charge in [0.1, 0.15) is 17.3 Å². The summed E-state index contributed by atoms with van der Waals surface area (Å²) in [6, 6.07) is 34.0. The van der Waals surface area contributed by atoms with E-state index < -0.39 is 11.6 Å². The molecular formula is C46H21F2N3O2. The van der Waals surface area contributed by atoms with Crippen LogP contribution in [0.5, 0.6) is 0 Å². The number of hydrogen-bond acceptors (Lipinski definition) is 3. The van der Waals surface area contributed by atoms with Crippen LogP contribution in [0.2, 0.25) is 0 Å². The molecule has 246 valence electrons. The zero-order valence-electron chi connectivity index (χ0n) is 27.6. The maximum Gasteiger partial charge on any atom is 0.264 e. The Hall–Kier alpha value is -6.99. The van der Waals surface area contributed by atoms with Gasteiger partial charge in [0, 0.05) is 48.5 Å². The lowest BCUT2D eigenvalue weighted by atomic mass is 9.85. The third kappa shape index (κ3) is 3.17. The Morgan fingerprint density at radius 1 is 0.528 bits per heavy atom. The van der Waals surface area contributed by atoms with Gasteiger partial charge in [-0.2, -0.15) is 0 Å². The van der Waals surface area contributed by atoms with Crippen LogP contribution in [0.25, 0.3) is 115 Å². The van der Waals surface area contributed by atoms with E-state index >= 15 is 8.78 Å². The van der Waals surface area contributed by atoms with Crippen LogP contribution >= 0.6 is 0 Å². The highest BCUT2D eigenvalue weighted by atomic mass is 19.1. The first kappa shape index (κ1) is 27.7. The van der Waals surface area contributed by atoms with Crippen molar-refractivity contribution < 1.29 is 8.78 Å². The van der Waals surface area contributed by atoms with Gasteiger partial charge >= 0.3 is 0 Å². The molecule has 4 heterocycles. The maximum atomic E-state index is 17.0. The number of benzene rings is 9. The summed E-state index contributed by atoms with van der Waals surface area (Å²) in [6.07, 6.45) is 2.57. The van der Waals surface area contributed by atoms with Crippen molar-refractivity contribution in [3.8, 4) is 5.69 Å². The molecule has 0 bridgehead atoms. The van der Waals surface area contributed by atoms with Crippen LogP contribution in [-0.2, 0) is 6.42 Å². The van der Waals surface area contributed by atoms with Crippen LogP contribution in [0, 0.1) is 11.6 Å². The van der Waals surface area contributed by atoms with E-state index in [9.17, 15) is 9.59 Å². The number of pyridine rings is 2. The second-order valence-electron chi connectivity index (χ2n) is 14.4. The molecular weight excluding hydrogens is 665 g/mol. The summed E-state index contributed by atoms with van der Waals surface area (Å²) in [5.41, 5.74) is 2.98. The Labute approximate surface area is 295 Å². The summed E-state index contributed by atoms with van der Waals surface area (Å²) in [6.45, 7) is 0. The largest absolute Gasteiger partial charge is 0.276 e. The van der Waals surface area contributed by atoms with Gasteiger partial charge in [0.05, 0.1) is 27.5 Å². The van der Waals surface area contributed by atoms with Gasteiger partial charge in [-0.1, -0.05) is 66.7 Å². The Kier molecular flexibility index (Phi) is 4.74. The first-order valence-electron chi connectivity index (χ1n) is 17.6. The summed E-state index contributed by atoms with van der Waals surface area (Å²) >= 11 is 0. The zero-order chi connectivity index (χ0) is 35.0. The first-order chi connectivity index (χ1) is 25.9. The van der Waals surface area contributed by atoms with E-state index in [-0.39, 0.29) is 16.5 Å². The van der Waals surface area contributed by atoms with Crippen molar-refractivity contribution in [2.45, 2.75) is 6.42 Å². The molecule has 0 saturated carbocycles. The molecule has 53 heavy (non-hydrogen) atoms. The molecule has 5 nitrogen and oxygen atoms in total. The molecule has 0 spiro atoms. The second kappa shape index (κ2) is 9.08. The van der Waals surface area contributed by atoms with Crippen molar-refractivity contribution >= 4 is 109 Å². The van der Waals surface area contributed by atoms with Crippen molar-refractivity contribution in [2.24, 2.45) is 0 Å². The molecule has 1 aliphatic rings. The van der Waals surface area contributed by atoms with Crippen LogP contribution in [0.3, 0.4) is 0 Å². The third-order valence-corrected chi connectivity index (χ3v) is 11.9. The minimum Gasteiger partial charge on any atom is -0.276 e. The zero-order valence-corrected chi connectivity index (χ0v) is 27.6. The van der Waals surface area contributed by atoms with E-state index in [1.165, 1.54) is 12.1 Å². The molecule has 0 amide bonds. The number of nitrogens with zero attached hydrogens (tertiary/aromatic N) is 3. The number of aromatic nitrogens is 3. The van der Waals surface area contributed by atoms with Crippen LogP contribution < -0.4 is 16.5 Å². The van der Waals surface area contributed by atoms with E-state index in [0.717, 1.165) is 32.8 Å². The van der Waals surface area contributed by atoms with Gasteiger partial charge in [-0.25, -0.2) is 13.8 Å². The van der Waals surface area contributed by atoms with Crippen molar-refractivity contribution in [3.05, 3.63) is 152 Å². The minimum absolute atomic E-state index is 0.205. The van der Waals surface area contributed by atoms with Crippen molar-refractivity contribution in [2.75, 3.05) is 0 Å². The summed E-state index contributed by atoms with van der Waals surface area (Å²) in [5.74, 6) is -1.05. The standard InChI is InChI=1S/C46H21F2N3O2/c47-32-19-30-35-14-9-25-15-21-5-1-3-7-23(21)17-36(25)50(35)45(52)29-13-11-27-41-33(48)20-31-38-28(12-10-26(42(38)41)40(32)43(27)39(29)30)44-49-34-16-22-6-2-4-8-24(22)18-37(34)51(44)46(31)53/h1-8,10-20H,9H2. The second-order valence-corrected chi connectivity index (χ2v) is 14.4. The normalized spacial score (nSPS) is 13.3. The minimum atomic E-state index is -0.578. The fourth-order valence-corrected chi connectivity index (χ4v) is 9.66. The fourth-order valence-electron chi connectivity index (χ4n) is 9.66. The number of rotatable bonds is 0. The lowest BCUT2D eigenvalue weighted by Gasteiger charge is -2.23. The van der Waals surface area contributed by atoms with Gasteiger partial charge in [0.25, 0.3) is 11.1 Å². The number of fused-ring (bicyclic) bond motifs is 12. The van der Waals surface area contributed by atoms with E-state index in [0.29, 0.717) is 87.7 Å². The molecule has 0 unspecified atom stereocenters. The molecule has 1 aliphatic heterocycles. The topological polar surface area (TPSA) is 56.4 Å². The summed E-state index contributed by atoms with van der Waals surface area (Å²) < 4.78 is 37.1. The monoisotopic (exact) mass is 685 g/mol. The van der Waals surface area contributed by atoms with Gasteiger partial charge < -0.3 is 0 Å². The van der Waals surface area contributed by atoms with E-state index in [2.05, 4.69) is 12.1 Å². The molecule has 0 fully saturated rings. The van der Waals surface area contributed by atoms with Gasteiger partial charge in [0.15, 0.2) is 0 Å². The predicted octanol–water partition coefficient (Wildman–Crippen LogP) is 9.43. The molecule has 0 saturated heterocycles. The first-order valence-corrected chi connectivity index (χ1v) is 17.6. The molecule has 0 N–H and O–H groups in total. The lowest BCUT2D eigenvalue weighted by Crippen LogP contribution is -2.35. The van der Waals surface area contributed by atoms with E-state index in [1.807, 2.05) is 78.9 Å². The Balaban J connectivity index is 1.20. The van der Waals surface area contributed by atoms with Gasteiger partial charge in [-0.15, -0.1) is 0 Å². The van der Waals surface area contributed by atoms with Crippen LogP contribution in [0.4, 0.5) is 8.78 Å². The molecule has 7 heteroatoms. The Morgan fingerprint density at radius 2 is 1.11 bits per heavy atom. The number of hydrogen-bond donors (Lipinski definition) is 0. The van der Waals surface area contributed by atoms with Crippen molar-refractivity contribution in [1.29, 1.82) is 0 Å². The highest BCUT2D eigenvalue weighted by Gasteiger charge is 2.27. The predicted molar refractivity (Wildman–Crippen MR) is 210 cm³/mol. The Bertz CT molecular complexity index is 3900. The van der Waals surface area contributed by atoms with Crippen LogP contribution in [0.1, 0.15) is 5.56 Å². The number of halogens is 2. The smallest absolute Gasteiger partial charge is 0.264 e. The van der Waals surface area contributed by atoms with Gasteiger partial charge in [-0.3, -0.25) is 18.6 Å². The summed E-state index contributed by atoms with van der Waals surface area (Å²) in [4.78, 5) is 33.9. The number of imidazole rings is 1. The third-order valence-electron chi connectivity index (χ3n) is 11.9. The van der Waals surface area contributed by atoms with E-state index in [4.69, 9.17) is 4.98 Å². The van der Waals surface area contributed by atoms with E-state index in [1.54, 1.807) is 21.1 Å². The molecule has 0 atom stereocenters. The molecule has 13 rings (SSSR count). The van der Waals surface area contributed by atoms with Crippen molar-refractivity contribution in [1.82, 2.24) is 14.0 Å². The van der Waals surface area contributed by atoms with Crippen molar-refractivity contribution in [3.63, 3.8) is 0 Å². The van der Waals surface area contributed by atoms with Gasteiger partial charge in [0.2, 0.25) is 0 Å². The van der Waals surface area contributed by atoms with Gasteiger partial charge in [-0.05, 0) is 92.8 Å². The quantitative estimate of drug-likeness (QED) is 0.118. The molecule has 12 aromatic rings. The molecule has 9 aromatic carbocycles. The highest BCUT2D eigenvalue weighted by molar-refractivity contribution is 6.40. The Morgan fingerprint density at radius 3 is 1.83 bits per heavy atom. The average Bonchev–Trinajstić information content (AvgIpc) is 3.55. The SMILES string of the molecule is O=c1c2ccc3c4c(F)cc5c(=O)n6c7cc8ccccc8cc7nc6c6ccc(c7c(F)cc(c8n1-c1cc9ccccc9cc1CC=8)c2c37)c4c56. The molecule has 0 radical (unpaired) electrons. The van der Waals surface area contributed by atoms with Crippen LogP contribution in [0.15, 0.2) is 119 Å². The summed E-state index contributed by atoms with van der Waals surface area (Å²) in [5, 5.41) is 10.3. The highest BCUT2D eigenvalue weighted by Crippen LogP contribution is 2.47.